The van der Waals surface area contributed by atoms with Crippen LogP contribution in [0.1, 0.15) is 51.4 Å². The fourth-order valence-corrected chi connectivity index (χ4v) is 2.42. The van der Waals surface area contributed by atoms with Crippen LogP contribution in [0.3, 0.4) is 0 Å². The van der Waals surface area contributed by atoms with Gasteiger partial charge in [0, 0.05) is 0 Å². The summed E-state index contributed by atoms with van der Waals surface area (Å²) >= 11 is 0. The van der Waals surface area contributed by atoms with E-state index in [0.29, 0.717) is 13.2 Å². The zero-order valence-corrected chi connectivity index (χ0v) is 11.0. The minimum absolute atomic E-state index is 0.401. The van der Waals surface area contributed by atoms with Crippen LogP contribution in [0.15, 0.2) is 23.3 Å². The van der Waals surface area contributed by atoms with Crippen LogP contribution in [0.2, 0.25) is 0 Å². The Morgan fingerprint density at radius 1 is 0.889 bits per heavy atom. The van der Waals surface area contributed by atoms with E-state index in [9.17, 15) is 4.79 Å². The highest BCUT2D eigenvalue weighted by atomic mass is 16.7. The molecule has 0 saturated carbocycles. The molecule has 0 fully saturated rings. The zero-order chi connectivity index (χ0) is 12.6. The van der Waals surface area contributed by atoms with Gasteiger partial charge in [-0.2, -0.15) is 0 Å². The van der Waals surface area contributed by atoms with Crippen LogP contribution in [0.25, 0.3) is 0 Å². The molecule has 2 aliphatic rings. The lowest BCUT2D eigenvalue weighted by Crippen LogP contribution is -2.13. The second kappa shape index (κ2) is 7.24. The van der Waals surface area contributed by atoms with Crippen LogP contribution in [-0.2, 0) is 9.47 Å². The highest BCUT2D eigenvalue weighted by Gasteiger charge is 2.10. The van der Waals surface area contributed by atoms with E-state index in [1.165, 1.54) is 36.8 Å². The highest BCUT2D eigenvalue weighted by Crippen LogP contribution is 2.19. The fourth-order valence-electron chi connectivity index (χ4n) is 2.42. The van der Waals surface area contributed by atoms with E-state index in [-0.39, 0.29) is 0 Å². The van der Waals surface area contributed by atoms with Crippen molar-refractivity contribution < 1.29 is 14.3 Å². The normalized spacial score (nSPS) is 19.8. The van der Waals surface area contributed by atoms with Gasteiger partial charge in [0.15, 0.2) is 0 Å². The van der Waals surface area contributed by atoms with Gasteiger partial charge in [-0.1, -0.05) is 12.2 Å². The van der Waals surface area contributed by atoms with Crippen LogP contribution < -0.4 is 0 Å². The monoisotopic (exact) mass is 250 g/mol. The molecule has 0 spiro atoms. The maximum absolute atomic E-state index is 11.4. The second-order valence-corrected chi connectivity index (χ2v) is 5.04. The molecule has 0 radical (unpaired) electrons. The predicted molar refractivity (Wildman–Crippen MR) is 70.4 cm³/mol. The zero-order valence-electron chi connectivity index (χ0n) is 11.0. The van der Waals surface area contributed by atoms with Crippen molar-refractivity contribution in [2.75, 3.05) is 13.2 Å². The molecule has 3 heteroatoms. The van der Waals surface area contributed by atoms with Crippen molar-refractivity contribution in [3.8, 4) is 0 Å². The number of allylic oxidation sites excluding steroid dienone is 2. The van der Waals surface area contributed by atoms with Crippen LogP contribution >= 0.6 is 0 Å². The lowest BCUT2D eigenvalue weighted by Gasteiger charge is -2.14. The van der Waals surface area contributed by atoms with Crippen LogP contribution in [0, 0.1) is 0 Å². The van der Waals surface area contributed by atoms with Gasteiger partial charge in [0.1, 0.15) is 13.2 Å². The van der Waals surface area contributed by atoms with Crippen molar-refractivity contribution in [3.63, 3.8) is 0 Å². The quantitative estimate of drug-likeness (QED) is 0.555. The molecule has 0 aromatic carbocycles. The van der Waals surface area contributed by atoms with Gasteiger partial charge in [-0.25, -0.2) is 4.79 Å². The Labute approximate surface area is 109 Å². The Morgan fingerprint density at radius 3 is 1.78 bits per heavy atom. The van der Waals surface area contributed by atoms with Crippen molar-refractivity contribution in [2.24, 2.45) is 0 Å². The van der Waals surface area contributed by atoms with E-state index in [2.05, 4.69) is 12.2 Å². The van der Waals surface area contributed by atoms with E-state index >= 15 is 0 Å². The van der Waals surface area contributed by atoms with Gasteiger partial charge >= 0.3 is 6.16 Å². The average Bonchev–Trinajstić information content (AvgIpc) is 2.45. The summed E-state index contributed by atoms with van der Waals surface area (Å²) in [5.74, 6) is 0. The van der Waals surface area contributed by atoms with E-state index in [1.54, 1.807) is 0 Å². The predicted octanol–water partition coefficient (Wildman–Crippen LogP) is 4.14. The van der Waals surface area contributed by atoms with Crippen molar-refractivity contribution in [3.05, 3.63) is 23.3 Å². The Morgan fingerprint density at radius 2 is 1.39 bits per heavy atom. The van der Waals surface area contributed by atoms with Crippen LogP contribution in [0.4, 0.5) is 4.79 Å². The lowest BCUT2D eigenvalue weighted by molar-refractivity contribution is 0.0666. The van der Waals surface area contributed by atoms with Gasteiger partial charge < -0.3 is 9.47 Å². The number of carbonyl (C=O) groups is 1. The van der Waals surface area contributed by atoms with Gasteiger partial charge in [0.2, 0.25) is 0 Å². The first kappa shape index (κ1) is 13.2. The summed E-state index contributed by atoms with van der Waals surface area (Å²) < 4.78 is 10.2. The first-order valence-corrected chi connectivity index (χ1v) is 7.00. The van der Waals surface area contributed by atoms with Gasteiger partial charge in [0.05, 0.1) is 0 Å². The largest absolute Gasteiger partial charge is 0.508 e. The molecule has 0 unspecified atom stereocenters. The molecule has 0 N–H and O–H groups in total. The third kappa shape index (κ3) is 4.55. The number of carbonyl (C=O) groups excluding carboxylic acids is 1. The molecule has 0 aromatic rings. The topological polar surface area (TPSA) is 35.5 Å². The Balaban J connectivity index is 1.62. The SMILES string of the molecule is O=C(OCC1=CCCCC1)OCC1=CCCCC1. The smallest absolute Gasteiger partial charge is 0.430 e. The summed E-state index contributed by atoms with van der Waals surface area (Å²) in [5.41, 5.74) is 2.46. The minimum atomic E-state index is -0.534. The second-order valence-electron chi connectivity index (χ2n) is 5.04. The Kier molecular flexibility index (Phi) is 5.31. The maximum Gasteiger partial charge on any atom is 0.508 e. The molecule has 2 aliphatic carbocycles. The molecule has 0 bridgehead atoms. The first-order chi connectivity index (χ1) is 8.84. The first-order valence-electron chi connectivity index (χ1n) is 7.00. The summed E-state index contributed by atoms with van der Waals surface area (Å²) in [4.78, 5) is 11.4. The van der Waals surface area contributed by atoms with Crippen molar-refractivity contribution in [2.45, 2.75) is 51.4 Å². The molecule has 0 aromatic heterocycles. The van der Waals surface area contributed by atoms with Gasteiger partial charge in [-0.05, 0) is 62.5 Å². The maximum atomic E-state index is 11.4. The van der Waals surface area contributed by atoms with Gasteiger partial charge in [-0.3, -0.25) is 0 Å². The molecule has 100 valence electrons. The van der Waals surface area contributed by atoms with Crippen molar-refractivity contribution >= 4 is 6.16 Å². The molecule has 0 amide bonds. The molecule has 0 saturated heterocycles. The summed E-state index contributed by atoms with van der Waals surface area (Å²) in [6.45, 7) is 0.801. The van der Waals surface area contributed by atoms with Crippen LogP contribution in [-0.4, -0.2) is 19.4 Å². The summed E-state index contributed by atoms with van der Waals surface area (Å²) in [7, 11) is 0. The number of hydrogen-bond donors (Lipinski definition) is 0. The van der Waals surface area contributed by atoms with E-state index in [4.69, 9.17) is 9.47 Å². The number of hydrogen-bond acceptors (Lipinski definition) is 3. The lowest BCUT2D eigenvalue weighted by atomic mass is 10.0. The van der Waals surface area contributed by atoms with E-state index in [1.807, 2.05) is 0 Å². The van der Waals surface area contributed by atoms with Crippen LogP contribution in [0.5, 0.6) is 0 Å². The fraction of sp³-hybridized carbons (Fsp3) is 0.667. The van der Waals surface area contributed by atoms with E-state index in [0.717, 1.165) is 25.7 Å². The Bertz CT molecular complexity index is 310. The molecular formula is C15H22O3. The van der Waals surface area contributed by atoms with Crippen molar-refractivity contribution in [1.29, 1.82) is 0 Å². The van der Waals surface area contributed by atoms with Crippen molar-refractivity contribution in [1.82, 2.24) is 0 Å². The third-order valence-corrected chi connectivity index (χ3v) is 3.52. The van der Waals surface area contributed by atoms with Gasteiger partial charge in [-0.15, -0.1) is 0 Å². The highest BCUT2D eigenvalue weighted by molar-refractivity contribution is 5.60. The molecule has 0 heterocycles. The molecule has 0 atom stereocenters. The molecule has 2 rings (SSSR count). The van der Waals surface area contributed by atoms with E-state index < -0.39 is 6.16 Å². The summed E-state index contributed by atoms with van der Waals surface area (Å²) in [6.07, 6.45) is 13.1. The molecule has 3 nitrogen and oxygen atoms in total. The third-order valence-electron chi connectivity index (χ3n) is 3.52. The number of rotatable bonds is 4. The summed E-state index contributed by atoms with van der Waals surface area (Å²) in [5, 5.41) is 0. The minimum Gasteiger partial charge on any atom is -0.430 e. The standard InChI is InChI=1S/C15H22O3/c16-15(17-11-13-7-3-1-4-8-13)18-12-14-9-5-2-6-10-14/h7,9H,1-6,8,10-12H2. The molecule has 18 heavy (non-hydrogen) atoms. The van der Waals surface area contributed by atoms with Gasteiger partial charge in [0.25, 0.3) is 0 Å². The molecule has 0 aliphatic heterocycles. The molecular weight excluding hydrogens is 228 g/mol. The Hall–Kier alpha value is -1.25. The summed E-state index contributed by atoms with van der Waals surface area (Å²) in [6, 6.07) is 0. The average molecular weight is 250 g/mol. The number of ether oxygens (including phenoxy) is 2.